The molecule has 3 heteroatoms. The summed E-state index contributed by atoms with van der Waals surface area (Å²) in [5, 5.41) is 1.17. The van der Waals surface area contributed by atoms with Gasteiger partial charge in [0.2, 0.25) is 0 Å². The van der Waals surface area contributed by atoms with E-state index < -0.39 is 0 Å². The van der Waals surface area contributed by atoms with Gasteiger partial charge in [-0.15, -0.1) is 0 Å². The molecule has 74 valence electrons. The van der Waals surface area contributed by atoms with Crippen LogP contribution in [0.1, 0.15) is 26.3 Å². The van der Waals surface area contributed by atoms with Crippen molar-refractivity contribution in [3.05, 3.63) is 27.7 Å². The minimum absolute atomic E-state index is 0.0242. The second-order valence-corrected chi connectivity index (χ2v) is 4.92. The molecule has 0 unspecified atom stereocenters. The molecule has 0 amide bonds. The fourth-order valence-corrected chi connectivity index (χ4v) is 1.97. The van der Waals surface area contributed by atoms with E-state index in [0.717, 1.165) is 17.0 Å². The van der Waals surface area contributed by atoms with E-state index in [1.54, 1.807) is 0 Å². The van der Waals surface area contributed by atoms with Gasteiger partial charge in [-0.2, -0.15) is 0 Å². The molecule has 0 spiro atoms. The number of nitrogens with zero attached hydrogens (tertiary/aromatic N) is 1. The Morgan fingerprint density at radius 3 is 2.36 bits per heavy atom. The molecule has 0 atom stereocenters. The first kappa shape index (κ1) is 10.0. The molecule has 0 saturated heterocycles. The number of hydrogen-bond acceptors (Lipinski definition) is 1. The fraction of sp³-hybridized carbons (Fsp3) is 0.364. The van der Waals surface area contributed by atoms with Crippen LogP contribution in [0.5, 0.6) is 0 Å². The van der Waals surface area contributed by atoms with Crippen LogP contribution in [0.2, 0.25) is 10.0 Å². The molecular formula is C11H11Cl2N. The van der Waals surface area contributed by atoms with Gasteiger partial charge in [-0.3, -0.25) is 4.99 Å². The van der Waals surface area contributed by atoms with Gasteiger partial charge in [0.15, 0.2) is 0 Å². The van der Waals surface area contributed by atoms with Crippen LogP contribution in [0.15, 0.2) is 17.1 Å². The fourth-order valence-electron chi connectivity index (χ4n) is 1.64. The lowest BCUT2D eigenvalue weighted by Crippen LogP contribution is -2.22. The first-order valence-electron chi connectivity index (χ1n) is 4.48. The molecule has 0 saturated carbocycles. The van der Waals surface area contributed by atoms with Crippen molar-refractivity contribution < 1.29 is 0 Å². The highest BCUT2D eigenvalue weighted by Crippen LogP contribution is 2.43. The van der Waals surface area contributed by atoms with Gasteiger partial charge in [-0.25, -0.2) is 0 Å². The summed E-state index contributed by atoms with van der Waals surface area (Å²) in [6, 6.07) is 3.75. The van der Waals surface area contributed by atoms with Gasteiger partial charge in [0, 0.05) is 11.1 Å². The molecular weight excluding hydrogens is 217 g/mol. The van der Waals surface area contributed by atoms with E-state index in [9.17, 15) is 0 Å². The molecule has 0 N–H and O–H groups in total. The smallest absolute Gasteiger partial charge is 0.0686 e. The molecule has 1 nitrogen and oxygen atoms in total. The standard InChI is InChI=1S/C11H11Cl2N/c1-6-11(2,3)7-4-8(12)9(13)5-10(7)14-6/h4-5H,1-3H3. The minimum atomic E-state index is -0.0242. The first-order valence-corrected chi connectivity index (χ1v) is 5.24. The highest BCUT2D eigenvalue weighted by Gasteiger charge is 2.32. The van der Waals surface area contributed by atoms with Gasteiger partial charge >= 0.3 is 0 Å². The van der Waals surface area contributed by atoms with Crippen LogP contribution < -0.4 is 0 Å². The third-order valence-electron chi connectivity index (χ3n) is 2.90. The summed E-state index contributed by atoms with van der Waals surface area (Å²) in [5.74, 6) is 0. The highest BCUT2D eigenvalue weighted by atomic mass is 35.5. The SMILES string of the molecule is CC1=Nc2cc(Cl)c(Cl)cc2C1(C)C. The van der Waals surface area contributed by atoms with Crippen molar-refractivity contribution in [1.82, 2.24) is 0 Å². The summed E-state index contributed by atoms with van der Waals surface area (Å²) in [5.41, 5.74) is 3.18. The van der Waals surface area contributed by atoms with E-state index in [1.165, 1.54) is 0 Å². The van der Waals surface area contributed by atoms with Crippen molar-refractivity contribution >= 4 is 34.6 Å². The van der Waals surface area contributed by atoms with Crippen molar-refractivity contribution in [2.45, 2.75) is 26.2 Å². The van der Waals surface area contributed by atoms with Crippen molar-refractivity contribution in [3.63, 3.8) is 0 Å². The second kappa shape index (κ2) is 2.98. The summed E-state index contributed by atoms with van der Waals surface area (Å²) in [6.07, 6.45) is 0. The zero-order valence-corrected chi connectivity index (χ0v) is 9.87. The first-order chi connectivity index (χ1) is 6.43. The van der Waals surface area contributed by atoms with E-state index in [0.29, 0.717) is 10.0 Å². The monoisotopic (exact) mass is 227 g/mol. The second-order valence-electron chi connectivity index (χ2n) is 4.11. The molecule has 1 aliphatic rings. The lowest BCUT2D eigenvalue weighted by Gasteiger charge is -2.20. The lowest BCUT2D eigenvalue weighted by atomic mass is 9.82. The average molecular weight is 228 g/mol. The van der Waals surface area contributed by atoms with Gasteiger partial charge < -0.3 is 0 Å². The van der Waals surface area contributed by atoms with Crippen molar-refractivity contribution in [2.24, 2.45) is 4.99 Å². The molecule has 0 fully saturated rings. The van der Waals surface area contributed by atoms with Crippen LogP contribution in [0.3, 0.4) is 0 Å². The molecule has 0 bridgehead atoms. The molecule has 0 radical (unpaired) electrons. The highest BCUT2D eigenvalue weighted by molar-refractivity contribution is 6.42. The Bertz CT molecular complexity index is 433. The van der Waals surface area contributed by atoms with E-state index >= 15 is 0 Å². The molecule has 0 aromatic heterocycles. The van der Waals surface area contributed by atoms with Crippen LogP contribution in [-0.2, 0) is 5.41 Å². The van der Waals surface area contributed by atoms with E-state index in [4.69, 9.17) is 23.2 Å². The predicted molar refractivity (Wildman–Crippen MR) is 62.3 cm³/mol. The van der Waals surface area contributed by atoms with Gasteiger partial charge in [0.1, 0.15) is 0 Å². The Morgan fingerprint density at radius 1 is 1.14 bits per heavy atom. The molecule has 1 aromatic rings. The third kappa shape index (κ3) is 1.27. The minimum Gasteiger partial charge on any atom is -0.257 e. The van der Waals surface area contributed by atoms with E-state index in [2.05, 4.69) is 18.8 Å². The molecule has 1 heterocycles. The zero-order valence-electron chi connectivity index (χ0n) is 8.36. The molecule has 1 aromatic carbocycles. The molecule has 14 heavy (non-hydrogen) atoms. The van der Waals surface area contributed by atoms with Crippen LogP contribution in [0.25, 0.3) is 0 Å². The maximum Gasteiger partial charge on any atom is 0.0686 e. The van der Waals surface area contributed by atoms with Crippen molar-refractivity contribution in [2.75, 3.05) is 0 Å². The van der Waals surface area contributed by atoms with Crippen LogP contribution in [-0.4, -0.2) is 5.71 Å². The van der Waals surface area contributed by atoms with Gasteiger partial charge in [-0.1, -0.05) is 37.0 Å². The third-order valence-corrected chi connectivity index (χ3v) is 3.63. The summed E-state index contributed by atoms with van der Waals surface area (Å²) in [4.78, 5) is 4.48. The Balaban J connectivity index is 2.69. The van der Waals surface area contributed by atoms with Gasteiger partial charge in [0.05, 0.1) is 15.7 Å². The number of rotatable bonds is 0. The lowest BCUT2D eigenvalue weighted by molar-refractivity contribution is 0.733. The Kier molecular flexibility index (Phi) is 2.13. The number of benzene rings is 1. The van der Waals surface area contributed by atoms with Crippen LogP contribution in [0.4, 0.5) is 5.69 Å². The summed E-state index contributed by atoms with van der Waals surface area (Å²) < 4.78 is 0. The Hall–Kier alpha value is -0.530. The van der Waals surface area contributed by atoms with E-state index in [1.807, 2.05) is 19.1 Å². The molecule has 0 aliphatic carbocycles. The summed E-state index contributed by atoms with van der Waals surface area (Å²) in [7, 11) is 0. The quantitative estimate of drug-likeness (QED) is 0.624. The number of halogens is 2. The van der Waals surface area contributed by atoms with Crippen LogP contribution in [0, 0.1) is 0 Å². The molecule has 2 rings (SSSR count). The molecule has 1 aliphatic heterocycles. The maximum absolute atomic E-state index is 5.98. The van der Waals surface area contributed by atoms with Crippen LogP contribution >= 0.6 is 23.2 Å². The Morgan fingerprint density at radius 2 is 1.71 bits per heavy atom. The topological polar surface area (TPSA) is 12.4 Å². The summed E-state index contributed by atoms with van der Waals surface area (Å²) >= 11 is 11.9. The maximum atomic E-state index is 5.98. The van der Waals surface area contributed by atoms with Gasteiger partial charge in [0.25, 0.3) is 0 Å². The average Bonchev–Trinajstić information content (AvgIpc) is 2.28. The zero-order chi connectivity index (χ0) is 10.5. The predicted octanol–water partition coefficient (Wildman–Crippen LogP) is 4.38. The largest absolute Gasteiger partial charge is 0.257 e. The number of fused-ring (bicyclic) bond motifs is 1. The van der Waals surface area contributed by atoms with Crippen molar-refractivity contribution in [3.8, 4) is 0 Å². The summed E-state index contributed by atoms with van der Waals surface area (Å²) in [6.45, 7) is 6.31. The Labute approximate surface area is 93.8 Å². The van der Waals surface area contributed by atoms with Gasteiger partial charge in [-0.05, 0) is 24.6 Å². The van der Waals surface area contributed by atoms with Crippen molar-refractivity contribution in [1.29, 1.82) is 0 Å². The number of hydrogen-bond donors (Lipinski definition) is 0. The normalized spacial score (nSPS) is 17.9. The number of aliphatic imine (C=N–C) groups is 1. The van der Waals surface area contributed by atoms with E-state index in [-0.39, 0.29) is 5.41 Å².